The summed E-state index contributed by atoms with van der Waals surface area (Å²) in [6.07, 6.45) is 3.27. The van der Waals surface area contributed by atoms with E-state index in [0.717, 1.165) is 16.7 Å². The van der Waals surface area contributed by atoms with E-state index in [9.17, 15) is 4.79 Å². The summed E-state index contributed by atoms with van der Waals surface area (Å²) in [5.41, 5.74) is 4.64. The van der Waals surface area contributed by atoms with Gasteiger partial charge in [0.2, 0.25) is 12.7 Å². The summed E-state index contributed by atoms with van der Waals surface area (Å²) in [7, 11) is 0. The second-order valence-electron chi connectivity index (χ2n) is 8.45. The van der Waals surface area contributed by atoms with Crippen molar-refractivity contribution in [3.63, 3.8) is 0 Å². The Labute approximate surface area is 201 Å². The average Bonchev–Trinajstić information content (AvgIpc) is 3.50. The summed E-state index contributed by atoms with van der Waals surface area (Å²) in [6.45, 7) is 4.06. The number of rotatable bonds is 4. The monoisotopic (exact) mass is 466 g/mol. The summed E-state index contributed by atoms with van der Waals surface area (Å²) < 4.78 is 12.9. The minimum atomic E-state index is -0.538. The Bertz CT molecular complexity index is 1480. The highest BCUT2D eigenvalue weighted by atomic mass is 16.7. The molecule has 0 radical (unpaired) electrons. The maximum absolute atomic E-state index is 13.6. The number of aromatic nitrogens is 4. The first kappa shape index (κ1) is 20.9. The van der Waals surface area contributed by atoms with Crippen LogP contribution < -0.4 is 20.1 Å². The van der Waals surface area contributed by atoms with Gasteiger partial charge in [-0.3, -0.25) is 9.78 Å². The Morgan fingerprint density at radius 1 is 1.09 bits per heavy atom. The molecule has 2 aliphatic rings. The molecule has 174 valence electrons. The van der Waals surface area contributed by atoms with Crippen molar-refractivity contribution < 1.29 is 14.3 Å². The number of benzene rings is 2. The van der Waals surface area contributed by atoms with Crippen LogP contribution in [0.4, 0.5) is 11.6 Å². The number of nitrogens with one attached hydrogen (secondary N) is 2. The van der Waals surface area contributed by atoms with Crippen LogP contribution in [0.3, 0.4) is 0 Å². The van der Waals surface area contributed by atoms with Crippen molar-refractivity contribution in [3.8, 4) is 22.9 Å². The van der Waals surface area contributed by atoms with Crippen molar-refractivity contribution in [2.75, 3.05) is 17.4 Å². The van der Waals surface area contributed by atoms with E-state index in [0.29, 0.717) is 40.2 Å². The number of fused-ring (bicyclic) bond motifs is 2. The maximum Gasteiger partial charge on any atom is 0.255 e. The molecule has 6 rings (SSSR count). The molecule has 4 aromatic rings. The zero-order chi connectivity index (χ0) is 23.9. The predicted molar refractivity (Wildman–Crippen MR) is 130 cm³/mol. The van der Waals surface area contributed by atoms with E-state index in [1.807, 2.05) is 56.3 Å². The largest absolute Gasteiger partial charge is 0.454 e. The predicted octanol–water partition coefficient (Wildman–Crippen LogP) is 4.30. The van der Waals surface area contributed by atoms with Crippen LogP contribution >= 0.6 is 0 Å². The molecule has 35 heavy (non-hydrogen) atoms. The zero-order valence-corrected chi connectivity index (χ0v) is 19.1. The zero-order valence-electron chi connectivity index (χ0n) is 19.1. The van der Waals surface area contributed by atoms with Crippen LogP contribution in [0.25, 0.3) is 11.4 Å². The van der Waals surface area contributed by atoms with Gasteiger partial charge < -0.3 is 20.1 Å². The van der Waals surface area contributed by atoms with Crippen molar-refractivity contribution in [2.45, 2.75) is 19.9 Å². The third kappa shape index (κ3) is 3.76. The summed E-state index contributed by atoms with van der Waals surface area (Å²) in [5, 5.41) is 11.1. The third-order valence-electron chi connectivity index (χ3n) is 6.01. The van der Waals surface area contributed by atoms with Crippen LogP contribution in [0.1, 0.15) is 24.1 Å². The number of nitrogens with zero attached hydrogens (tertiary/aromatic N) is 4. The van der Waals surface area contributed by atoms with Gasteiger partial charge in [0.25, 0.3) is 5.91 Å². The molecule has 2 aromatic carbocycles. The highest BCUT2D eigenvalue weighted by Gasteiger charge is 2.35. The van der Waals surface area contributed by atoms with Crippen LogP contribution in [0.5, 0.6) is 11.5 Å². The van der Waals surface area contributed by atoms with E-state index in [4.69, 9.17) is 19.6 Å². The topological polar surface area (TPSA) is 103 Å². The quantitative estimate of drug-likeness (QED) is 0.462. The molecule has 1 unspecified atom stereocenters. The molecular formula is C26H22N6O3. The van der Waals surface area contributed by atoms with E-state index in [1.54, 1.807) is 29.2 Å². The SMILES string of the molecule is CC1=C(C(=O)Nc2cccnc2)C(c2ccc3c(c2)OCO3)n2nc(-c3cccc(C)c3)nc2N1. The van der Waals surface area contributed by atoms with E-state index in [1.165, 1.54) is 0 Å². The van der Waals surface area contributed by atoms with Gasteiger partial charge >= 0.3 is 0 Å². The fourth-order valence-electron chi connectivity index (χ4n) is 4.38. The standard InChI is InChI=1S/C26H22N6O3/c1-15-5-3-6-18(11-15)24-30-26-28-16(2)22(25(33)29-19-7-4-10-27-13-19)23(32(26)31-24)17-8-9-20-21(12-17)35-14-34-20/h3-13,23H,14H2,1-2H3,(H,29,33)(H,28,30,31). The van der Waals surface area contributed by atoms with E-state index in [2.05, 4.69) is 15.6 Å². The molecule has 0 bridgehead atoms. The Morgan fingerprint density at radius 2 is 1.97 bits per heavy atom. The third-order valence-corrected chi connectivity index (χ3v) is 6.01. The first-order chi connectivity index (χ1) is 17.1. The van der Waals surface area contributed by atoms with Gasteiger partial charge in [-0.2, -0.15) is 4.98 Å². The number of hydrogen-bond acceptors (Lipinski definition) is 7. The Hall–Kier alpha value is -4.66. The molecule has 0 saturated carbocycles. The summed E-state index contributed by atoms with van der Waals surface area (Å²) in [6, 6.07) is 16.7. The minimum absolute atomic E-state index is 0.167. The van der Waals surface area contributed by atoms with Crippen molar-refractivity contribution in [2.24, 2.45) is 0 Å². The normalized spacial score (nSPS) is 16.0. The van der Waals surface area contributed by atoms with Crippen molar-refractivity contribution in [1.29, 1.82) is 0 Å². The van der Waals surface area contributed by atoms with Gasteiger partial charge in [0, 0.05) is 17.5 Å². The first-order valence-corrected chi connectivity index (χ1v) is 11.2. The molecule has 0 saturated heterocycles. The lowest BCUT2D eigenvalue weighted by Crippen LogP contribution is -2.31. The number of carbonyl (C=O) groups is 1. The molecule has 0 spiro atoms. The van der Waals surface area contributed by atoms with Gasteiger partial charge in [0.1, 0.15) is 6.04 Å². The smallest absolute Gasteiger partial charge is 0.255 e. The van der Waals surface area contributed by atoms with Crippen molar-refractivity contribution in [1.82, 2.24) is 19.7 Å². The number of allylic oxidation sites excluding steroid dienone is 1. The second-order valence-corrected chi connectivity index (χ2v) is 8.45. The van der Waals surface area contributed by atoms with E-state index < -0.39 is 6.04 Å². The van der Waals surface area contributed by atoms with Crippen LogP contribution in [-0.4, -0.2) is 32.4 Å². The Balaban J connectivity index is 1.47. The molecule has 0 fully saturated rings. The number of anilines is 2. The highest BCUT2D eigenvalue weighted by molar-refractivity contribution is 6.06. The number of ether oxygens (including phenoxy) is 2. The molecule has 2 N–H and O–H groups in total. The molecule has 2 aliphatic heterocycles. The lowest BCUT2D eigenvalue weighted by molar-refractivity contribution is -0.113. The number of pyridine rings is 1. The second kappa shape index (κ2) is 8.28. The highest BCUT2D eigenvalue weighted by Crippen LogP contribution is 2.41. The van der Waals surface area contributed by atoms with Gasteiger partial charge in [-0.15, -0.1) is 5.10 Å². The van der Waals surface area contributed by atoms with Crippen LogP contribution in [0, 0.1) is 6.92 Å². The van der Waals surface area contributed by atoms with Gasteiger partial charge in [-0.25, -0.2) is 4.68 Å². The molecule has 1 atom stereocenters. The van der Waals surface area contributed by atoms with Crippen molar-refractivity contribution in [3.05, 3.63) is 89.4 Å². The minimum Gasteiger partial charge on any atom is -0.454 e. The maximum atomic E-state index is 13.6. The van der Waals surface area contributed by atoms with Crippen LogP contribution in [0.2, 0.25) is 0 Å². The molecule has 4 heterocycles. The fourth-order valence-corrected chi connectivity index (χ4v) is 4.38. The lowest BCUT2D eigenvalue weighted by atomic mass is 9.94. The van der Waals surface area contributed by atoms with Gasteiger partial charge in [0.05, 0.1) is 17.5 Å². The first-order valence-electron chi connectivity index (χ1n) is 11.2. The Kier molecular flexibility index (Phi) is 4.95. The van der Waals surface area contributed by atoms with E-state index in [-0.39, 0.29) is 12.7 Å². The van der Waals surface area contributed by atoms with Crippen molar-refractivity contribution >= 4 is 17.5 Å². The Morgan fingerprint density at radius 3 is 2.80 bits per heavy atom. The van der Waals surface area contributed by atoms with Gasteiger partial charge in [0.15, 0.2) is 17.3 Å². The molecule has 0 aliphatic carbocycles. The summed E-state index contributed by atoms with van der Waals surface area (Å²) >= 11 is 0. The molecule has 1 amide bonds. The average molecular weight is 467 g/mol. The molecule has 2 aromatic heterocycles. The van der Waals surface area contributed by atoms with Crippen LogP contribution in [0.15, 0.2) is 78.3 Å². The summed E-state index contributed by atoms with van der Waals surface area (Å²) in [5.74, 6) is 2.17. The number of carbonyl (C=O) groups excluding carboxylic acids is 1. The fraction of sp³-hybridized carbons (Fsp3) is 0.154. The number of hydrogen-bond donors (Lipinski definition) is 2. The molecular weight excluding hydrogens is 444 g/mol. The van der Waals surface area contributed by atoms with E-state index >= 15 is 0 Å². The number of amides is 1. The molecule has 9 heteroatoms. The number of aryl methyl sites for hydroxylation is 1. The molecule has 9 nitrogen and oxygen atoms in total. The summed E-state index contributed by atoms with van der Waals surface area (Å²) in [4.78, 5) is 22.4. The van der Waals surface area contributed by atoms with Crippen LogP contribution in [-0.2, 0) is 4.79 Å². The van der Waals surface area contributed by atoms with Gasteiger partial charge in [-0.1, -0.05) is 29.8 Å². The van der Waals surface area contributed by atoms with Gasteiger partial charge in [-0.05, 0) is 49.7 Å². The lowest BCUT2D eigenvalue weighted by Gasteiger charge is -2.28.